The smallest absolute Gasteiger partial charge is 0.307 e. The molecule has 6 heteroatoms. The molecule has 108 valence electrons. The maximum absolute atomic E-state index is 10.9. The van der Waals surface area contributed by atoms with Crippen LogP contribution in [0.15, 0.2) is 18.2 Å². The molecule has 0 atom stereocenters. The molecule has 0 spiro atoms. The summed E-state index contributed by atoms with van der Waals surface area (Å²) in [5.41, 5.74) is 2.39. The lowest BCUT2D eigenvalue weighted by Crippen LogP contribution is -2.21. The van der Waals surface area contributed by atoms with Gasteiger partial charge < -0.3 is 5.11 Å². The summed E-state index contributed by atoms with van der Waals surface area (Å²) >= 11 is 0. The van der Waals surface area contributed by atoms with Gasteiger partial charge in [0.1, 0.15) is 0 Å². The molecule has 19 heavy (non-hydrogen) atoms. The molecule has 0 heterocycles. The lowest BCUT2D eigenvalue weighted by atomic mass is 10.0. The van der Waals surface area contributed by atoms with Crippen LogP contribution in [0.5, 0.6) is 0 Å². The second kappa shape index (κ2) is 7.91. The molecule has 0 amide bonds. The zero-order valence-electron chi connectivity index (χ0n) is 11.7. The minimum Gasteiger partial charge on any atom is -0.481 e. The predicted molar refractivity (Wildman–Crippen MR) is 75.6 cm³/mol. The summed E-state index contributed by atoms with van der Waals surface area (Å²) in [5.74, 6) is -0.880. The van der Waals surface area contributed by atoms with E-state index in [1.807, 2.05) is 20.8 Å². The number of aryl methyl sites for hydroxylation is 1. The van der Waals surface area contributed by atoms with Crippen LogP contribution in [0, 0.1) is 6.92 Å². The monoisotopic (exact) mass is 287 g/mol. The maximum Gasteiger partial charge on any atom is 0.307 e. The molecular weight excluding hydrogens is 266 g/mol. The zero-order valence-corrected chi connectivity index (χ0v) is 12.5. The quantitative estimate of drug-likeness (QED) is 0.863. The van der Waals surface area contributed by atoms with Gasteiger partial charge in [-0.3, -0.25) is 4.79 Å². The fourth-order valence-electron chi connectivity index (χ4n) is 1.44. The normalized spacial score (nSPS) is 10.5. The Kier molecular flexibility index (Phi) is 7.33. The van der Waals surface area contributed by atoms with E-state index in [0.717, 1.165) is 22.9 Å². The van der Waals surface area contributed by atoms with E-state index in [1.54, 1.807) is 18.2 Å². The van der Waals surface area contributed by atoms with Crippen molar-refractivity contribution >= 4 is 16.0 Å². The predicted octanol–water partition coefficient (Wildman–Crippen LogP) is 1.70. The molecule has 0 saturated carbocycles. The highest BCUT2D eigenvalue weighted by Crippen LogP contribution is 2.12. The van der Waals surface area contributed by atoms with E-state index in [0.29, 0.717) is 0 Å². The van der Waals surface area contributed by atoms with Crippen molar-refractivity contribution in [3.8, 4) is 0 Å². The number of carboxylic acid groups (broad SMARTS) is 1. The number of benzene rings is 1. The highest BCUT2D eigenvalue weighted by atomic mass is 32.2. The number of hydrogen-bond donors (Lipinski definition) is 2. The Hall–Kier alpha value is -1.40. The lowest BCUT2D eigenvalue weighted by molar-refractivity contribution is -0.136. The van der Waals surface area contributed by atoms with Gasteiger partial charge in [0.2, 0.25) is 10.0 Å². The molecule has 0 aromatic heterocycles. The largest absolute Gasteiger partial charge is 0.481 e. The third kappa shape index (κ3) is 7.58. The van der Waals surface area contributed by atoms with Crippen LogP contribution in [0.2, 0.25) is 0 Å². The van der Waals surface area contributed by atoms with Crippen LogP contribution in [-0.4, -0.2) is 25.7 Å². The Labute approximate surface area is 114 Å². The van der Waals surface area contributed by atoms with Gasteiger partial charge in [-0.15, -0.1) is 0 Å². The van der Waals surface area contributed by atoms with Crippen molar-refractivity contribution in [2.75, 3.05) is 6.26 Å². The molecule has 0 radical (unpaired) electrons. The third-order valence-corrected chi connectivity index (χ3v) is 2.96. The number of hydrogen-bond acceptors (Lipinski definition) is 3. The van der Waals surface area contributed by atoms with Crippen LogP contribution in [-0.2, 0) is 27.8 Å². The number of rotatable bonds is 5. The second-order valence-corrected chi connectivity index (χ2v) is 5.76. The van der Waals surface area contributed by atoms with Gasteiger partial charge in [-0.1, -0.05) is 32.0 Å². The van der Waals surface area contributed by atoms with Gasteiger partial charge in [0.15, 0.2) is 0 Å². The van der Waals surface area contributed by atoms with Crippen molar-refractivity contribution in [3.05, 3.63) is 34.9 Å². The molecule has 2 N–H and O–H groups in total. The molecule has 0 aliphatic heterocycles. The van der Waals surface area contributed by atoms with Crippen LogP contribution < -0.4 is 4.72 Å². The maximum atomic E-state index is 10.9. The van der Waals surface area contributed by atoms with Crippen molar-refractivity contribution in [1.82, 2.24) is 4.72 Å². The first-order valence-electron chi connectivity index (χ1n) is 6.03. The van der Waals surface area contributed by atoms with Crippen LogP contribution in [0.1, 0.15) is 30.5 Å². The summed E-state index contributed by atoms with van der Waals surface area (Å²) in [7, 11) is -3.21. The summed E-state index contributed by atoms with van der Waals surface area (Å²) < 4.78 is 24.2. The fourth-order valence-corrected chi connectivity index (χ4v) is 1.87. The first-order valence-corrected chi connectivity index (χ1v) is 7.92. The average molecular weight is 287 g/mol. The molecule has 1 aromatic rings. The number of carbonyl (C=O) groups is 1. The van der Waals surface area contributed by atoms with E-state index in [1.165, 1.54) is 0 Å². The van der Waals surface area contributed by atoms with Gasteiger partial charge in [-0.25, -0.2) is 13.1 Å². The van der Waals surface area contributed by atoms with Crippen LogP contribution in [0.25, 0.3) is 0 Å². The van der Waals surface area contributed by atoms with Crippen LogP contribution in [0.4, 0.5) is 0 Å². The topological polar surface area (TPSA) is 83.5 Å². The van der Waals surface area contributed by atoms with Crippen molar-refractivity contribution in [1.29, 1.82) is 0 Å². The van der Waals surface area contributed by atoms with Crippen molar-refractivity contribution < 1.29 is 18.3 Å². The summed E-state index contributed by atoms with van der Waals surface area (Å²) in [5, 5.41) is 8.68. The summed E-state index contributed by atoms with van der Waals surface area (Å²) in [6.07, 6.45) is 1.07. The van der Waals surface area contributed by atoms with E-state index in [4.69, 9.17) is 5.11 Å². The molecule has 5 nitrogen and oxygen atoms in total. The second-order valence-electron chi connectivity index (χ2n) is 3.92. The molecular formula is C13H21NO4S. The molecule has 0 aliphatic rings. The Bertz CT molecular complexity index is 523. The number of sulfonamides is 1. The minimum absolute atomic E-state index is 0.0222. The highest BCUT2D eigenvalue weighted by molar-refractivity contribution is 7.88. The summed E-state index contributed by atoms with van der Waals surface area (Å²) in [4.78, 5) is 10.6. The van der Waals surface area contributed by atoms with Gasteiger partial charge >= 0.3 is 5.97 Å². The third-order valence-electron chi connectivity index (χ3n) is 2.29. The molecule has 0 aliphatic carbocycles. The Morgan fingerprint density at radius 3 is 2.32 bits per heavy atom. The fraction of sp³-hybridized carbons (Fsp3) is 0.462. The van der Waals surface area contributed by atoms with Gasteiger partial charge in [0.05, 0.1) is 12.7 Å². The number of carboxylic acids is 1. The minimum atomic E-state index is -3.21. The Morgan fingerprint density at radius 2 is 1.89 bits per heavy atom. The van der Waals surface area contributed by atoms with E-state index in [2.05, 4.69) is 4.72 Å². The summed E-state index contributed by atoms with van der Waals surface area (Å²) in [6.45, 7) is 6.02. The molecule has 0 bridgehead atoms. The first-order chi connectivity index (χ1) is 8.78. The van der Waals surface area contributed by atoms with E-state index >= 15 is 0 Å². The van der Waals surface area contributed by atoms with E-state index in [-0.39, 0.29) is 13.0 Å². The summed E-state index contributed by atoms with van der Waals surface area (Å²) in [6, 6.07) is 5.22. The first kappa shape index (κ1) is 17.6. The van der Waals surface area contributed by atoms with Crippen molar-refractivity contribution in [3.63, 3.8) is 0 Å². The highest BCUT2D eigenvalue weighted by Gasteiger charge is 2.06. The number of nitrogens with one attached hydrogen (secondary N) is 1. The standard InChI is InChI=1S/C11H15NO4S.C2H6/c1-8-5-9(7-12-17(2,15)16)3-4-10(8)6-11(13)14;1-2/h3-5,12H,6-7H2,1-2H3,(H,13,14);1-2H3. The number of aliphatic carboxylic acids is 1. The average Bonchev–Trinajstić information content (AvgIpc) is 2.31. The van der Waals surface area contributed by atoms with Gasteiger partial charge in [0.25, 0.3) is 0 Å². The van der Waals surface area contributed by atoms with E-state index in [9.17, 15) is 13.2 Å². The van der Waals surface area contributed by atoms with Crippen LogP contribution in [0.3, 0.4) is 0 Å². The van der Waals surface area contributed by atoms with Crippen LogP contribution >= 0.6 is 0 Å². The lowest BCUT2D eigenvalue weighted by Gasteiger charge is -2.07. The van der Waals surface area contributed by atoms with Crippen molar-refractivity contribution in [2.45, 2.75) is 33.7 Å². The molecule has 0 unspecified atom stereocenters. The zero-order chi connectivity index (χ0) is 15.1. The molecule has 0 fully saturated rings. The SMILES string of the molecule is CC.Cc1cc(CNS(C)(=O)=O)ccc1CC(=O)O. The van der Waals surface area contributed by atoms with Gasteiger partial charge in [0, 0.05) is 6.54 Å². The molecule has 1 aromatic carbocycles. The Morgan fingerprint density at radius 1 is 1.32 bits per heavy atom. The Balaban J connectivity index is 0.00000154. The van der Waals surface area contributed by atoms with Gasteiger partial charge in [-0.2, -0.15) is 0 Å². The van der Waals surface area contributed by atoms with E-state index < -0.39 is 16.0 Å². The van der Waals surface area contributed by atoms with Crippen molar-refractivity contribution in [2.24, 2.45) is 0 Å². The van der Waals surface area contributed by atoms with Gasteiger partial charge in [-0.05, 0) is 23.6 Å². The molecule has 0 saturated heterocycles. The molecule has 1 rings (SSSR count).